The molecule has 0 aliphatic carbocycles. The molecule has 0 saturated carbocycles. The maximum atomic E-state index is 12.3. The number of ether oxygens (including phenoxy) is 2. The van der Waals surface area contributed by atoms with Crippen LogP contribution in [-0.4, -0.2) is 24.7 Å². The van der Waals surface area contributed by atoms with Gasteiger partial charge in [0.1, 0.15) is 17.9 Å². The highest BCUT2D eigenvalue weighted by Gasteiger charge is 2.24. The fourth-order valence-corrected chi connectivity index (χ4v) is 2.84. The first-order chi connectivity index (χ1) is 13.0. The summed E-state index contributed by atoms with van der Waals surface area (Å²) in [6.45, 7) is 5.85. The summed E-state index contributed by atoms with van der Waals surface area (Å²) < 4.78 is 16.4. The lowest BCUT2D eigenvalue weighted by atomic mass is 9.91. The smallest absolute Gasteiger partial charge is 0.339 e. The van der Waals surface area contributed by atoms with Crippen molar-refractivity contribution in [2.24, 2.45) is 0 Å². The third kappa shape index (κ3) is 3.89. The molecule has 0 N–H and O–H groups in total. The third-order valence-electron chi connectivity index (χ3n) is 4.23. The van der Waals surface area contributed by atoms with Gasteiger partial charge in [0, 0.05) is 35.3 Å². The zero-order chi connectivity index (χ0) is 19.4. The van der Waals surface area contributed by atoms with Crippen LogP contribution in [-0.2, 0) is 4.74 Å². The number of esters is 1. The molecular formula is C21H19NO5. The molecule has 0 spiro atoms. The molecule has 6 nitrogen and oxygen atoms in total. The molecule has 0 amide bonds. The van der Waals surface area contributed by atoms with E-state index < -0.39 is 17.5 Å². The molecule has 0 bridgehead atoms. The maximum absolute atomic E-state index is 12.3. The number of nitrogens with zero attached hydrogens (tertiary/aromatic N) is 1. The van der Waals surface area contributed by atoms with Gasteiger partial charge in [0.2, 0.25) is 0 Å². The van der Waals surface area contributed by atoms with Crippen molar-refractivity contribution in [3.63, 3.8) is 0 Å². The Labute approximate surface area is 156 Å². The van der Waals surface area contributed by atoms with E-state index in [0.717, 1.165) is 11.0 Å². The molecule has 138 valence electrons. The predicted octanol–water partition coefficient (Wildman–Crippen LogP) is 3.71. The first-order valence-electron chi connectivity index (χ1n) is 8.34. The Balaban J connectivity index is 2.00. The SMILES string of the molecule is C=C(C)C(COC(=O)c1cccnc1)c1c(OC)ccc2ccc(=O)oc12. The molecule has 1 unspecified atom stereocenters. The summed E-state index contributed by atoms with van der Waals surface area (Å²) in [6, 6.07) is 9.92. The quantitative estimate of drug-likeness (QED) is 0.376. The van der Waals surface area contributed by atoms with Crippen LogP contribution in [0.25, 0.3) is 11.0 Å². The Morgan fingerprint density at radius 1 is 1.26 bits per heavy atom. The molecule has 1 atom stereocenters. The molecule has 2 heterocycles. The Morgan fingerprint density at radius 3 is 2.70 bits per heavy atom. The second-order valence-electron chi connectivity index (χ2n) is 6.09. The molecule has 0 fully saturated rings. The van der Waals surface area contributed by atoms with Gasteiger partial charge in [-0.1, -0.05) is 12.2 Å². The van der Waals surface area contributed by atoms with Crippen molar-refractivity contribution >= 4 is 16.9 Å². The van der Waals surface area contributed by atoms with Crippen LogP contribution < -0.4 is 10.4 Å². The summed E-state index contributed by atoms with van der Waals surface area (Å²) in [7, 11) is 1.53. The third-order valence-corrected chi connectivity index (χ3v) is 4.23. The van der Waals surface area contributed by atoms with Gasteiger partial charge in [0.25, 0.3) is 0 Å². The van der Waals surface area contributed by atoms with Gasteiger partial charge >= 0.3 is 11.6 Å². The molecule has 1 aromatic carbocycles. The van der Waals surface area contributed by atoms with E-state index in [-0.39, 0.29) is 6.61 Å². The molecule has 3 rings (SSSR count). The summed E-state index contributed by atoms with van der Waals surface area (Å²) in [5, 5.41) is 0.746. The fraction of sp³-hybridized carbons (Fsp3) is 0.190. The molecule has 0 aliphatic heterocycles. The minimum Gasteiger partial charge on any atom is -0.496 e. The number of hydrogen-bond donors (Lipinski definition) is 0. The van der Waals surface area contributed by atoms with E-state index >= 15 is 0 Å². The summed E-state index contributed by atoms with van der Waals surface area (Å²) in [4.78, 5) is 28.0. The molecule has 6 heteroatoms. The van der Waals surface area contributed by atoms with Crippen LogP contribution in [0.2, 0.25) is 0 Å². The number of benzene rings is 1. The molecule has 0 radical (unpaired) electrons. The monoisotopic (exact) mass is 365 g/mol. The number of fused-ring (bicyclic) bond motifs is 1. The van der Waals surface area contributed by atoms with E-state index in [9.17, 15) is 9.59 Å². The van der Waals surface area contributed by atoms with Gasteiger partial charge in [0.05, 0.1) is 12.7 Å². The average Bonchev–Trinajstić information content (AvgIpc) is 2.68. The number of carbonyl (C=O) groups is 1. The first-order valence-corrected chi connectivity index (χ1v) is 8.34. The minimum atomic E-state index is -0.491. The van der Waals surface area contributed by atoms with Crippen molar-refractivity contribution in [2.75, 3.05) is 13.7 Å². The van der Waals surface area contributed by atoms with Crippen molar-refractivity contribution in [1.29, 1.82) is 0 Å². The molecule has 27 heavy (non-hydrogen) atoms. The van der Waals surface area contributed by atoms with E-state index in [0.29, 0.717) is 22.5 Å². The lowest BCUT2D eigenvalue weighted by Gasteiger charge is -2.21. The van der Waals surface area contributed by atoms with Crippen molar-refractivity contribution in [3.8, 4) is 5.75 Å². The number of pyridine rings is 1. The second kappa shape index (κ2) is 7.86. The van der Waals surface area contributed by atoms with Crippen LogP contribution >= 0.6 is 0 Å². The normalized spacial score (nSPS) is 11.8. The molecule has 3 aromatic rings. The van der Waals surface area contributed by atoms with Crippen LogP contribution in [0.5, 0.6) is 5.75 Å². The predicted molar refractivity (Wildman–Crippen MR) is 101 cm³/mol. The van der Waals surface area contributed by atoms with Gasteiger partial charge in [-0.05, 0) is 37.3 Å². The zero-order valence-electron chi connectivity index (χ0n) is 15.1. The topological polar surface area (TPSA) is 78.6 Å². The largest absolute Gasteiger partial charge is 0.496 e. The minimum absolute atomic E-state index is 0.0249. The van der Waals surface area contributed by atoms with Crippen LogP contribution in [0.4, 0.5) is 0 Å². The van der Waals surface area contributed by atoms with Gasteiger partial charge in [-0.15, -0.1) is 0 Å². The van der Waals surface area contributed by atoms with Crippen molar-refractivity contribution in [2.45, 2.75) is 12.8 Å². The van der Waals surface area contributed by atoms with Gasteiger partial charge < -0.3 is 13.9 Å². The van der Waals surface area contributed by atoms with Crippen LogP contribution in [0, 0.1) is 0 Å². The Kier molecular flexibility index (Phi) is 5.35. The first kappa shape index (κ1) is 18.4. The van der Waals surface area contributed by atoms with Crippen LogP contribution in [0.1, 0.15) is 28.8 Å². The summed E-state index contributed by atoms with van der Waals surface area (Å²) >= 11 is 0. The van der Waals surface area contributed by atoms with E-state index in [4.69, 9.17) is 13.9 Å². The Morgan fingerprint density at radius 2 is 2.04 bits per heavy atom. The van der Waals surface area contributed by atoms with E-state index in [2.05, 4.69) is 11.6 Å². The molecule has 0 aliphatic rings. The molecular weight excluding hydrogens is 346 g/mol. The maximum Gasteiger partial charge on any atom is 0.339 e. The highest BCUT2D eigenvalue weighted by Crippen LogP contribution is 2.37. The highest BCUT2D eigenvalue weighted by atomic mass is 16.5. The lowest BCUT2D eigenvalue weighted by molar-refractivity contribution is 0.0490. The van der Waals surface area contributed by atoms with Crippen LogP contribution in [0.15, 0.2) is 70.2 Å². The number of methoxy groups -OCH3 is 1. The second-order valence-corrected chi connectivity index (χ2v) is 6.09. The van der Waals surface area contributed by atoms with Crippen molar-refractivity contribution in [3.05, 3.63) is 82.5 Å². The summed E-state index contributed by atoms with van der Waals surface area (Å²) in [5.41, 5.74) is 1.65. The average molecular weight is 365 g/mol. The number of aromatic nitrogens is 1. The Bertz CT molecular complexity index is 1040. The van der Waals surface area contributed by atoms with Crippen LogP contribution in [0.3, 0.4) is 0 Å². The highest BCUT2D eigenvalue weighted by molar-refractivity contribution is 5.89. The van der Waals surface area contributed by atoms with E-state index in [1.165, 1.54) is 19.4 Å². The van der Waals surface area contributed by atoms with Gasteiger partial charge in [-0.2, -0.15) is 0 Å². The van der Waals surface area contributed by atoms with Gasteiger partial charge in [0.15, 0.2) is 0 Å². The number of hydrogen-bond acceptors (Lipinski definition) is 6. The fourth-order valence-electron chi connectivity index (χ4n) is 2.84. The Hall–Kier alpha value is -3.41. The summed E-state index contributed by atoms with van der Waals surface area (Å²) in [5.74, 6) is -0.368. The zero-order valence-corrected chi connectivity index (χ0v) is 15.1. The number of rotatable bonds is 6. The van der Waals surface area contributed by atoms with Gasteiger partial charge in [-0.3, -0.25) is 4.98 Å². The standard InChI is InChI=1S/C21H19NO5/c1-13(2)16(12-26-21(24)15-5-4-10-22-11-15)19-17(25-3)8-6-14-7-9-18(23)27-20(14)19/h4-11,16H,1,12H2,2-3H3. The molecule has 2 aromatic heterocycles. The van der Waals surface area contributed by atoms with E-state index in [1.54, 1.807) is 36.5 Å². The van der Waals surface area contributed by atoms with Crippen molar-refractivity contribution < 1.29 is 18.7 Å². The van der Waals surface area contributed by atoms with E-state index in [1.807, 2.05) is 6.92 Å². The van der Waals surface area contributed by atoms with Crippen molar-refractivity contribution in [1.82, 2.24) is 4.98 Å². The molecule has 0 saturated heterocycles. The lowest BCUT2D eigenvalue weighted by Crippen LogP contribution is -2.15. The van der Waals surface area contributed by atoms with Gasteiger partial charge in [-0.25, -0.2) is 9.59 Å². The number of carbonyl (C=O) groups excluding carboxylic acids is 1. The summed E-state index contributed by atoms with van der Waals surface area (Å²) in [6.07, 6.45) is 3.02.